The summed E-state index contributed by atoms with van der Waals surface area (Å²) in [5.74, 6) is 2.13. The number of hydrogen-bond acceptors (Lipinski definition) is 2. The van der Waals surface area contributed by atoms with E-state index in [2.05, 4.69) is 5.92 Å². The zero-order valence-electron chi connectivity index (χ0n) is 8.28. The first kappa shape index (κ1) is 10.3. The second-order valence-electron chi connectivity index (χ2n) is 3.18. The summed E-state index contributed by atoms with van der Waals surface area (Å²) in [6, 6.07) is 6.84. The molecule has 1 aromatic carbocycles. The van der Waals surface area contributed by atoms with Crippen LogP contribution in [-0.4, -0.2) is 12.1 Å². The highest BCUT2D eigenvalue weighted by atomic mass is 16.5. The number of esters is 1. The first-order chi connectivity index (χ1) is 6.63. The zero-order chi connectivity index (χ0) is 10.6. The second-order valence-corrected chi connectivity index (χ2v) is 3.18. The summed E-state index contributed by atoms with van der Waals surface area (Å²) in [5.41, 5.74) is 1.18. The molecule has 0 heterocycles. The molecule has 0 radical (unpaired) electrons. The number of carbonyl (C=O) groups is 1. The quantitative estimate of drug-likeness (QED) is 0.525. The SMILES string of the molecule is C#Cc1cccc(C(=O)OC(C)C)c1. The van der Waals surface area contributed by atoms with Crippen molar-refractivity contribution in [2.45, 2.75) is 20.0 Å². The Morgan fingerprint density at radius 2 is 2.21 bits per heavy atom. The smallest absolute Gasteiger partial charge is 0.338 e. The Morgan fingerprint density at radius 3 is 2.79 bits per heavy atom. The average Bonchev–Trinajstić information content (AvgIpc) is 2.17. The van der Waals surface area contributed by atoms with Crippen molar-refractivity contribution >= 4 is 5.97 Å². The molecule has 0 spiro atoms. The van der Waals surface area contributed by atoms with Crippen LogP contribution in [-0.2, 0) is 4.74 Å². The van der Waals surface area contributed by atoms with Gasteiger partial charge in [0.05, 0.1) is 11.7 Å². The van der Waals surface area contributed by atoms with Crippen LogP contribution in [0.1, 0.15) is 29.8 Å². The lowest BCUT2D eigenvalue weighted by Crippen LogP contribution is -2.11. The third kappa shape index (κ3) is 2.63. The lowest BCUT2D eigenvalue weighted by Gasteiger charge is -2.07. The number of ether oxygens (including phenoxy) is 1. The predicted molar refractivity (Wildman–Crippen MR) is 54.9 cm³/mol. The highest BCUT2D eigenvalue weighted by Crippen LogP contribution is 2.06. The fraction of sp³-hybridized carbons (Fsp3) is 0.250. The average molecular weight is 188 g/mol. The van der Waals surface area contributed by atoms with Crippen molar-refractivity contribution in [3.63, 3.8) is 0 Å². The van der Waals surface area contributed by atoms with E-state index in [4.69, 9.17) is 11.2 Å². The molecular formula is C12H12O2. The van der Waals surface area contributed by atoms with Crippen molar-refractivity contribution < 1.29 is 9.53 Å². The van der Waals surface area contributed by atoms with Gasteiger partial charge in [0.2, 0.25) is 0 Å². The largest absolute Gasteiger partial charge is 0.459 e. The molecule has 0 bridgehead atoms. The van der Waals surface area contributed by atoms with E-state index in [0.29, 0.717) is 11.1 Å². The van der Waals surface area contributed by atoms with Crippen LogP contribution in [0.3, 0.4) is 0 Å². The van der Waals surface area contributed by atoms with E-state index < -0.39 is 0 Å². The zero-order valence-corrected chi connectivity index (χ0v) is 8.28. The van der Waals surface area contributed by atoms with Gasteiger partial charge in [-0.05, 0) is 32.0 Å². The molecule has 0 aliphatic heterocycles. The summed E-state index contributed by atoms with van der Waals surface area (Å²) >= 11 is 0. The van der Waals surface area contributed by atoms with Gasteiger partial charge in [-0.3, -0.25) is 0 Å². The van der Waals surface area contributed by atoms with Gasteiger partial charge >= 0.3 is 5.97 Å². The molecule has 14 heavy (non-hydrogen) atoms. The fourth-order valence-corrected chi connectivity index (χ4v) is 1.02. The van der Waals surface area contributed by atoms with Gasteiger partial charge in [-0.25, -0.2) is 4.79 Å². The van der Waals surface area contributed by atoms with Crippen molar-refractivity contribution in [2.75, 3.05) is 0 Å². The first-order valence-corrected chi connectivity index (χ1v) is 4.41. The van der Waals surface area contributed by atoms with E-state index in [1.807, 2.05) is 13.8 Å². The molecule has 0 fully saturated rings. The van der Waals surface area contributed by atoms with E-state index >= 15 is 0 Å². The van der Waals surface area contributed by atoms with Crippen LogP contribution in [0.4, 0.5) is 0 Å². The molecule has 2 heteroatoms. The maximum absolute atomic E-state index is 11.4. The summed E-state index contributed by atoms with van der Waals surface area (Å²) in [5, 5.41) is 0. The normalized spacial score (nSPS) is 9.57. The standard InChI is InChI=1S/C12H12O2/c1-4-10-6-5-7-11(8-10)12(13)14-9(2)3/h1,5-9H,2-3H3. The maximum Gasteiger partial charge on any atom is 0.338 e. The number of carbonyl (C=O) groups excluding carboxylic acids is 1. The van der Waals surface area contributed by atoms with Crippen LogP contribution in [0, 0.1) is 12.3 Å². The van der Waals surface area contributed by atoms with Crippen LogP contribution in [0.5, 0.6) is 0 Å². The lowest BCUT2D eigenvalue weighted by atomic mass is 10.1. The van der Waals surface area contributed by atoms with Gasteiger partial charge < -0.3 is 4.74 Å². The molecule has 1 aromatic rings. The second kappa shape index (κ2) is 4.48. The minimum absolute atomic E-state index is 0.114. The number of benzene rings is 1. The van der Waals surface area contributed by atoms with Gasteiger partial charge in [-0.2, -0.15) is 0 Å². The van der Waals surface area contributed by atoms with Crippen LogP contribution in [0.15, 0.2) is 24.3 Å². The van der Waals surface area contributed by atoms with Crippen LogP contribution in [0.2, 0.25) is 0 Å². The Kier molecular flexibility index (Phi) is 3.30. The molecule has 0 atom stereocenters. The van der Waals surface area contributed by atoms with Gasteiger partial charge in [-0.15, -0.1) is 6.42 Å². The highest BCUT2D eigenvalue weighted by Gasteiger charge is 2.08. The van der Waals surface area contributed by atoms with Crippen molar-refractivity contribution in [1.29, 1.82) is 0 Å². The summed E-state index contributed by atoms with van der Waals surface area (Å²) in [7, 11) is 0. The monoisotopic (exact) mass is 188 g/mol. The van der Waals surface area contributed by atoms with Gasteiger partial charge in [0, 0.05) is 5.56 Å². The summed E-state index contributed by atoms with van der Waals surface area (Å²) in [6.45, 7) is 3.62. The van der Waals surface area contributed by atoms with Crippen LogP contribution < -0.4 is 0 Å². The number of terminal acetylenes is 1. The van der Waals surface area contributed by atoms with Crippen molar-refractivity contribution in [1.82, 2.24) is 0 Å². The minimum Gasteiger partial charge on any atom is -0.459 e. The fourth-order valence-electron chi connectivity index (χ4n) is 1.02. The Labute approximate surface area is 83.9 Å². The Balaban J connectivity index is 2.86. The molecule has 72 valence electrons. The number of rotatable bonds is 2. The third-order valence-corrected chi connectivity index (χ3v) is 1.61. The van der Waals surface area contributed by atoms with Gasteiger partial charge in [-0.1, -0.05) is 12.0 Å². The van der Waals surface area contributed by atoms with Gasteiger partial charge in [0.15, 0.2) is 0 Å². The van der Waals surface area contributed by atoms with Crippen molar-refractivity contribution in [3.05, 3.63) is 35.4 Å². The highest BCUT2D eigenvalue weighted by molar-refractivity contribution is 5.89. The topological polar surface area (TPSA) is 26.3 Å². The summed E-state index contributed by atoms with van der Waals surface area (Å²) in [4.78, 5) is 11.4. The molecule has 0 aliphatic carbocycles. The predicted octanol–water partition coefficient (Wildman–Crippen LogP) is 2.23. The Morgan fingerprint density at radius 1 is 1.50 bits per heavy atom. The molecule has 0 saturated heterocycles. The summed E-state index contributed by atoms with van der Waals surface area (Å²) in [6.07, 6.45) is 5.10. The molecule has 0 amide bonds. The van der Waals surface area contributed by atoms with Crippen molar-refractivity contribution in [2.24, 2.45) is 0 Å². The van der Waals surface area contributed by atoms with Gasteiger partial charge in [0.1, 0.15) is 0 Å². The van der Waals surface area contributed by atoms with Crippen molar-refractivity contribution in [3.8, 4) is 12.3 Å². The van der Waals surface area contributed by atoms with E-state index in [1.54, 1.807) is 24.3 Å². The molecule has 2 nitrogen and oxygen atoms in total. The van der Waals surface area contributed by atoms with E-state index in [1.165, 1.54) is 0 Å². The first-order valence-electron chi connectivity index (χ1n) is 4.41. The molecule has 1 rings (SSSR count). The van der Waals surface area contributed by atoms with Crippen LogP contribution in [0.25, 0.3) is 0 Å². The molecular weight excluding hydrogens is 176 g/mol. The van der Waals surface area contributed by atoms with E-state index in [9.17, 15) is 4.79 Å². The Hall–Kier alpha value is -1.75. The molecule has 0 aromatic heterocycles. The lowest BCUT2D eigenvalue weighted by molar-refractivity contribution is 0.0378. The molecule has 0 unspecified atom stereocenters. The Bertz CT molecular complexity index is 372. The maximum atomic E-state index is 11.4. The van der Waals surface area contributed by atoms with E-state index in [0.717, 1.165) is 0 Å². The third-order valence-electron chi connectivity index (χ3n) is 1.61. The minimum atomic E-state index is -0.336. The van der Waals surface area contributed by atoms with E-state index in [-0.39, 0.29) is 12.1 Å². The van der Waals surface area contributed by atoms with Crippen LogP contribution >= 0.6 is 0 Å². The molecule has 0 aliphatic rings. The summed E-state index contributed by atoms with van der Waals surface area (Å²) < 4.78 is 5.03. The molecule has 0 N–H and O–H groups in total. The number of hydrogen-bond donors (Lipinski definition) is 0. The molecule has 0 saturated carbocycles. The van der Waals surface area contributed by atoms with Gasteiger partial charge in [0.25, 0.3) is 0 Å².